The third-order valence-electron chi connectivity index (χ3n) is 3.17. The van der Waals surface area contributed by atoms with E-state index >= 15 is 0 Å². The van der Waals surface area contributed by atoms with E-state index in [1.165, 1.54) is 12.5 Å². The molecule has 3 rings (SSSR count). The van der Waals surface area contributed by atoms with E-state index in [0.29, 0.717) is 5.56 Å². The van der Waals surface area contributed by atoms with Crippen LogP contribution in [0.4, 0.5) is 0 Å². The average Bonchev–Trinajstić information content (AvgIpc) is 2.45. The van der Waals surface area contributed by atoms with E-state index in [4.69, 9.17) is 4.74 Å². The van der Waals surface area contributed by atoms with Gasteiger partial charge in [-0.15, -0.1) is 0 Å². The summed E-state index contributed by atoms with van der Waals surface area (Å²) in [4.78, 5) is 11.6. The number of ether oxygens (including phenoxy) is 1. The predicted octanol–water partition coefficient (Wildman–Crippen LogP) is 3.78. The summed E-state index contributed by atoms with van der Waals surface area (Å²) < 4.78 is 4.76. The minimum absolute atomic E-state index is 0.301. The number of esters is 1. The Morgan fingerprint density at radius 1 is 0.889 bits per heavy atom. The molecule has 0 bridgehead atoms. The van der Waals surface area contributed by atoms with Crippen LogP contribution < -0.4 is 0 Å². The lowest BCUT2D eigenvalue weighted by atomic mass is 10.00. The van der Waals surface area contributed by atoms with Gasteiger partial charge < -0.3 is 4.74 Å². The third kappa shape index (κ3) is 1.63. The van der Waals surface area contributed by atoms with E-state index in [1.807, 2.05) is 24.3 Å². The van der Waals surface area contributed by atoms with Crippen molar-refractivity contribution in [2.75, 3.05) is 7.11 Å². The van der Waals surface area contributed by atoms with Gasteiger partial charge in [-0.05, 0) is 33.7 Å². The molecule has 3 aromatic rings. The van der Waals surface area contributed by atoms with Crippen LogP contribution >= 0.6 is 0 Å². The lowest BCUT2D eigenvalue weighted by molar-refractivity contribution is 0.0601. The molecular weight excluding hydrogens is 224 g/mol. The van der Waals surface area contributed by atoms with Gasteiger partial charge in [0, 0.05) is 0 Å². The van der Waals surface area contributed by atoms with Crippen LogP contribution in [0.15, 0.2) is 54.6 Å². The monoisotopic (exact) mass is 236 g/mol. The highest BCUT2D eigenvalue weighted by atomic mass is 16.5. The normalized spacial score (nSPS) is 10.7. The van der Waals surface area contributed by atoms with E-state index in [2.05, 4.69) is 24.3 Å². The first kappa shape index (κ1) is 10.8. The van der Waals surface area contributed by atoms with Crippen LogP contribution in [-0.4, -0.2) is 13.1 Å². The van der Waals surface area contributed by atoms with Gasteiger partial charge in [-0.2, -0.15) is 0 Å². The fraction of sp³-hybridized carbons (Fsp3) is 0.0625. The van der Waals surface area contributed by atoms with Gasteiger partial charge in [-0.1, -0.05) is 42.5 Å². The van der Waals surface area contributed by atoms with Crippen molar-refractivity contribution in [2.45, 2.75) is 0 Å². The van der Waals surface area contributed by atoms with Gasteiger partial charge in [0.25, 0.3) is 0 Å². The Bertz CT molecular complexity index is 744. The van der Waals surface area contributed by atoms with Crippen molar-refractivity contribution < 1.29 is 9.53 Å². The van der Waals surface area contributed by atoms with Crippen LogP contribution in [0.2, 0.25) is 0 Å². The smallest absolute Gasteiger partial charge is 0.337 e. The van der Waals surface area contributed by atoms with E-state index < -0.39 is 0 Å². The molecule has 0 heterocycles. The Balaban J connectivity index is 2.36. The molecule has 2 nitrogen and oxygen atoms in total. The Labute approximate surface area is 105 Å². The van der Waals surface area contributed by atoms with Crippen LogP contribution in [0.3, 0.4) is 0 Å². The molecule has 0 radical (unpaired) electrons. The lowest BCUT2D eigenvalue weighted by Gasteiger charge is -2.05. The number of hydrogen-bond acceptors (Lipinski definition) is 2. The van der Waals surface area contributed by atoms with Crippen LogP contribution in [0, 0.1) is 0 Å². The SMILES string of the molecule is COC(=O)c1ccc2ccc3ccccc3c2c1. The van der Waals surface area contributed by atoms with Crippen molar-refractivity contribution in [3.05, 3.63) is 60.2 Å². The second kappa shape index (κ2) is 4.15. The summed E-state index contributed by atoms with van der Waals surface area (Å²) in [5, 5.41) is 4.53. The Morgan fingerprint density at radius 3 is 2.33 bits per heavy atom. The largest absolute Gasteiger partial charge is 0.465 e. The van der Waals surface area contributed by atoms with E-state index in [0.717, 1.165) is 16.2 Å². The zero-order valence-electron chi connectivity index (χ0n) is 10.0. The Kier molecular flexibility index (Phi) is 2.49. The standard InChI is InChI=1S/C16H12O2/c1-18-16(17)13-9-8-12-7-6-11-4-2-3-5-14(11)15(12)10-13/h2-10H,1H3. The van der Waals surface area contributed by atoms with E-state index in [1.54, 1.807) is 6.07 Å². The van der Waals surface area contributed by atoms with Crippen molar-refractivity contribution in [1.82, 2.24) is 0 Å². The molecular formula is C16H12O2. The molecule has 0 saturated heterocycles. The minimum atomic E-state index is -0.301. The molecule has 0 atom stereocenters. The number of benzene rings is 3. The summed E-state index contributed by atoms with van der Waals surface area (Å²) in [6.45, 7) is 0. The molecule has 0 aliphatic rings. The maximum Gasteiger partial charge on any atom is 0.337 e. The first-order chi connectivity index (χ1) is 8.79. The van der Waals surface area contributed by atoms with Crippen molar-refractivity contribution in [3.63, 3.8) is 0 Å². The number of carbonyl (C=O) groups is 1. The molecule has 0 spiro atoms. The van der Waals surface area contributed by atoms with Crippen molar-refractivity contribution >= 4 is 27.5 Å². The first-order valence-electron chi connectivity index (χ1n) is 5.79. The first-order valence-corrected chi connectivity index (χ1v) is 5.79. The maximum absolute atomic E-state index is 11.6. The van der Waals surface area contributed by atoms with Crippen LogP contribution in [0.25, 0.3) is 21.5 Å². The van der Waals surface area contributed by atoms with Gasteiger partial charge in [0.15, 0.2) is 0 Å². The summed E-state index contributed by atoms with van der Waals surface area (Å²) in [5.41, 5.74) is 0.585. The van der Waals surface area contributed by atoms with Gasteiger partial charge >= 0.3 is 5.97 Å². The van der Waals surface area contributed by atoms with Gasteiger partial charge in [0.2, 0.25) is 0 Å². The maximum atomic E-state index is 11.6. The number of rotatable bonds is 1. The summed E-state index contributed by atoms with van der Waals surface area (Å²) in [6.07, 6.45) is 0. The molecule has 0 aliphatic carbocycles. The fourth-order valence-electron chi connectivity index (χ4n) is 2.25. The quantitative estimate of drug-likeness (QED) is 0.474. The highest BCUT2D eigenvalue weighted by molar-refractivity contribution is 6.09. The zero-order chi connectivity index (χ0) is 12.5. The predicted molar refractivity (Wildman–Crippen MR) is 72.8 cm³/mol. The Morgan fingerprint density at radius 2 is 1.56 bits per heavy atom. The molecule has 0 N–H and O–H groups in total. The second-order valence-electron chi connectivity index (χ2n) is 4.21. The molecule has 0 fully saturated rings. The summed E-state index contributed by atoms with van der Waals surface area (Å²) in [6, 6.07) is 18.0. The summed E-state index contributed by atoms with van der Waals surface area (Å²) in [5.74, 6) is -0.301. The van der Waals surface area contributed by atoms with Gasteiger partial charge in [-0.3, -0.25) is 0 Å². The van der Waals surface area contributed by atoms with Crippen LogP contribution in [0.5, 0.6) is 0 Å². The highest BCUT2D eigenvalue weighted by Crippen LogP contribution is 2.26. The number of fused-ring (bicyclic) bond motifs is 3. The van der Waals surface area contributed by atoms with E-state index in [-0.39, 0.29) is 5.97 Å². The van der Waals surface area contributed by atoms with Crippen molar-refractivity contribution in [2.24, 2.45) is 0 Å². The zero-order valence-corrected chi connectivity index (χ0v) is 10.0. The van der Waals surface area contributed by atoms with Crippen molar-refractivity contribution in [1.29, 1.82) is 0 Å². The number of carbonyl (C=O) groups excluding carboxylic acids is 1. The molecule has 0 amide bonds. The molecule has 3 aromatic carbocycles. The second-order valence-corrected chi connectivity index (χ2v) is 4.21. The molecule has 0 aliphatic heterocycles. The lowest BCUT2D eigenvalue weighted by Crippen LogP contribution is -2.00. The highest BCUT2D eigenvalue weighted by Gasteiger charge is 2.07. The topological polar surface area (TPSA) is 26.3 Å². The fourth-order valence-corrected chi connectivity index (χ4v) is 2.25. The van der Waals surface area contributed by atoms with Crippen LogP contribution in [0.1, 0.15) is 10.4 Å². The Hall–Kier alpha value is -2.35. The number of hydrogen-bond donors (Lipinski definition) is 0. The molecule has 2 heteroatoms. The average molecular weight is 236 g/mol. The molecule has 18 heavy (non-hydrogen) atoms. The summed E-state index contributed by atoms with van der Waals surface area (Å²) >= 11 is 0. The van der Waals surface area contributed by atoms with Gasteiger partial charge in [0.1, 0.15) is 0 Å². The summed E-state index contributed by atoms with van der Waals surface area (Å²) in [7, 11) is 1.40. The van der Waals surface area contributed by atoms with Crippen LogP contribution in [-0.2, 0) is 4.74 Å². The third-order valence-corrected chi connectivity index (χ3v) is 3.17. The minimum Gasteiger partial charge on any atom is -0.465 e. The molecule has 0 unspecified atom stereocenters. The number of methoxy groups -OCH3 is 1. The van der Waals surface area contributed by atoms with Gasteiger partial charge in [0.05, 0.1) is 12.7 Å². The van der Waals surface area contributed by atoms with Gasteiger partial charge in [-0.25, -0.2) is 4.79 Å². The van der Waals surface area contributed by atoms with E-state index in [9.17, 15) is 4.79 Å². The molecule has 0 aromatic heterocycles. The molecule has 0 saturated carbocycles. The van der Waals surface area contributed by atoms with Crippen molar-refractivity contribution in [3.8, 4) is 0 Å². The molecule has 88 valence electrons.